The van der Waals surface area contributed by atoms with Crippen molar-refractivity contribution in [1.82, 2.24) is 0 Å². The van der Waals surface area contributed by atoms with Crippen LogP contribution in [0.15, 0.2) is 48.5 Å². The molecule has 0 unspecified atom stereocenters. The second kappa shape index (κ2) is 7.14. The summed E-state index contributed by atoms with van der Waals surface area (Å²) in [5.41, 5.74) is 2.18. The Morgan fingerprint density at radius 2 is 1.83 bits per heavy atom. The maximum absolute atomic E-state index is 11.9. The molecule has 2 aromatic carbocycles. The summed E-state index contributed by atoms with van der Waals surface area (Å²) in [6.45, 7) is 0. The van der Waals surface area contributed by atoms with Crippen LogP contribution in [-0.2, 0) is 11.2 Å². The van der Waals surface area contributed by atoms with E-state index in [9.17, 15) is 4.79 Å². The van der Waals surface area contributed by atoms with Crippen molar-refractivity contribution in [3.8, 4) is 17.2 Å². The fraction of sp³-hybridized carbons (Fsp3) is 0.250. The van der Waals surface area contributed by atoms with Crippen LogP contribution in [0.4, 0.5) is 0 Å². The Morgan fingerprint density at radius 3 is 2.61 bits per heavy atom. The van der Waals surface area contributed by atoms with Crippen molar-refractivity contribution in [3.63, 3.8) is 0 Å². The zero-order chi connectivity index (χ0) is 16.1. The Hall–Kier alpha value is -2.55. The molecule has 3 heteroatoms. The van der Waals surface area contributed by atoms with E-state index >= 15 is 0 Å². The largest absolute Gasteiger partial charge is 0.493 e. The molecule has 0 saturated heterocycles. The first-order chi connectivity index (χ1) is 11.2. The minimum absolute atomic E-state index is 0.306. The summed E-state index contributed by atoms with van der Waals surface area (Å²) in [7, 11) is 1.63. The van der Waals surface area contributed by atoms with E-state index in [1.807, 2.05) is 54.6 Å². The number of fused-ring (bicyclic) bond motifs is 7. The van der Waals surface area contributed by atoms with Gasteiger partial charge in [-0.1, -0.05) is 30.4 Å². The molecule has 2 aromatic rings. The average molecular weight is 308 g/mol. The number of carbonyl (C=O) groups excluding carboxylic acids is 1. The van der Waals surface area contributed by atoms with Crippen LogP contribution in [0.25, 0.3) is 6.08 Å². The highest BCUT2D eigenvalue weighted by molar-refractivity contribution is 5.78. The third kappa shape index (κ3) is 4.01. The first kappa shape index (κ1) is 15.3. The number of ketones is 1. The minimum Gasteiger partial charge on any atom is -0.493 e. The number of hydrogen-bond donors (Lipinski definition) is 0. The summed E-state index contributed by atoms with van der Waals surface area (Å²) in [5.74, 6) is 2.45. The average Bonchev–Trinajstić information content (AvgIpc) is 2.58. The van der Waals surface area contributed by atoms with Gasteiger partial charge in [0, 0.05) is 12.8 Å². The van der Waals surface area contributed by atoms with Gasteiger partial charge >= 0.3 is 0 Å². The van der Waals surface area contributed by atoms with Crippen molar-refractivity contribution < 1.29 is 14.3 Å². The van der Waals surface area contributed by atoms with E-state index in [4.69, 9.17) is 9.47 Å². The molecule has 0 spiro atoms. The second-order valence-electron chi connectivity index (χ2n) is 5.64. The molecule has 0 N–H and O–H groups in total. The molecule has 4 bridgehead atoms. The van der Waals surface area contributed by atoms with Crippen LogP contribution >= 0.6 is 0 Å². The molecule has 118 valence electrons. The van der Waals surface area contributed by atoms with Crippen molar-refractivity contribution in [2.75, 3.05) is 7.11 Å². The topological polar surface area (TPSA) is 35.5 Å². The fourth-order valence-corrected chi connectivity index (χ4v) is 2.60. The summed E-state index contributed by atoms with van der Waals surface area (Å²) >= 11 is 0. The number of methoxy groups -OCH3 is 1. The zero-order valence-electron chi connectivity index (χ0n) is 13.2. The van der Waals surface area contributed by atoms with Gasteiger partial charge in [0.2, 0.25) is 0 Å². The van der Waals surface area contributed by atoms with Crippen LogP contribution in [0.5, 0.6) is 17.2 Å². The van der Waals surface area contributed by atoms with Crippen LogP contribution in [0.1, 0.15) is 30.4 Å². The van der Waals surface area contributed by atoms with Gasteiger partial charge in [0.05, 0.1) is 7.11 Å². The van der Waals surface area contributed by atoms with Gasteiger partial charge < -0.3 is 9.47 Å². The van der Waals surface area contributed by atoms with Crippen molar-refractivity contribution in [1.29, 1.82) is 0 Å². The SMILES string of the molecule is COc1ccc2cc1Oc1ccc(cc1)CCC(=O)CC/C=C\2. The number of rotatable bonds is 1. The van der Waals surface area contributed by atoms with Gasteiger partial charge in [0.25, 0.3) is 0 Å². The first-order valence-electron chi connectivity index (χ1n) is 7.88. The van der Waals surface area contributed by atoms with Crippen LogP contribution in [0.2, 0.25) is 0 Å². The summed E-state index contributed by atoms with van der Waals surface area (Å²) in [4.78, 5) is 11.9. The van der Waals surface area contributed by atoms with Crippen LogP contribution < -0.4 is 9.47 Å². The Bertz CT molecular complexity index is 714. The molecule has 2 heterocycles. The summed E-state index contributed by atoms with van der Waals surface area (Å²) < 4.78 is 11.3. The van der Waals surface area contributed by atoms with Crippen LogP contribution in [0, 0.1) is 0 Å². The Balaban J connectivity index is 1.96. The molecule has 4 rings (SSSR count). The fourth-order valence-electron chi connectivity index (χ4n) is 2.60. The van der Waals surface area contributed by atoms with Crippen LogP contribution in [0.3, 0.4) is 0 Å². The number of carbonyl (C=O) groups is 1. The maximum atomic E-state index is 11.9. The van der Waals surface area contributed by atoms with Gasteiger partial charge in [0.1, 0.15) is 11.5 Å². The van der Waals surface area contributed by atoms with E-state index in [1.165, 1.54) is 0 Å². The van der Waals surface area contributed by atoms with Gasteiger partial charge in [-0.3, -0.25) is 4.79 Å². The van der Waals surface area contributed by atoms with Gasteiger partial charge in [-0.15, -0.1) is 0 Å². The number of allylic oxidation sites excluding steroid dienone is 1. The molecule has 0 aromatic heterocycles. The van der Waals surface area contributed by atoms with E-state index in [-0.39, 0.29) is 0 Å². The first-order valence-corrected chi connectivity index (χ1v) is 7.88. The van der Waals surface area contributed by atoms with Gasteiger partial charge in [-0.2, -0.15) is 0 Å². The molecule has 0 radical (unpaired) electrons. The van der Waals surface area contributed by atoms with Gasteiger partial charge in [-0.05, 0) is 48.2 Å². The normalized spacial score (nSPS) is 16.1. The maximum Gasteiger partial charge on any atom is 0.169 e. The monoisotopic (exact) mass is 308 g/mol. The van der Waals surface area contributed by atoms with Crippen molar-refractivity contribution in [2.24, 2.45) is 0 Å². The van der Waals surface area contributed by atoms with E-state index in [0.29, 0.717) is 30.1 Å². The summed E-state index contributed by atoms with van der Waals surface area (Å²) in [5, 5.41) is 0. The Kier molecular flexibility index (Phi) is 4.77. The lowest BCUT2D eigenvalue weighted by molar-refractivity contribution is -0.118. The number of ether oxygens (including phenoxy) is 2. The summed E-state index contributed by atoms with van der Waals surface area (Å²) in [6.07, 6.45) is 6.78. The lowest BCUT2D eigenvalue weighted by atomic mass is 10.0. The Labute approximate surface area is 136 Å². The molecular formula is C20H20O3. The van der Waals surface area contributed by atoms with Gasteiger partial charge in [0.15, 0.2) is 11.5 Å². The zero-order valence-corrected chi connectivity index (χ0v) is 13.2. The highest BCUT2D eigenvalue weighted by atomic mass is 16.5. The van der Waals surface area contributed by atoms with Crippen LogP contribution in [-0.4, -0.2) is 12.9 Å². The molecule has 0 fully saturated rings. The molecule has 0 saturated carbocycles. The lowest BCUT2D eigenvalue weighted by Crippen LogP contribution is -1.99. The third-order valence-corrected chi connectivity index (χ3v) is 3.93. The molecule has 0 aliphatic carbocycles. The van der Waals surface area contributed by atoms with Crippen molar-refractivity contribution >= 4 is 11.9 Å². The molecule has 2 aliphatic rings. The predicted molar refractivity (Wildman–Crippen MR) is 91.1 cm³/mol. The molecule has 2 aliphatic heterocycles. The third-order valence-electron chi connectivity index (χ3n) is 3.93. The van der Waals surface area contributed by atoms with E-state index in [1.54, 1.807) is 7.11 Å². The number of benzene rings is 2. The standard InChI is InChI=1S/C20H20O3/c1-22-19-13-9-16-4-2-3-5-17(21)10-6-15-7-11-18(12-8-15)23-20(19)14-16/h2,4,7-9,11-14H,3,5-6,10H2,1H3/b4-2-. The highest BCUT2D eigenvalue weighted by Gasteiger charge is 2.08. The number of aryl methyl sites for hydroxylation is 1. The molecule has 3 nitrogen and oxygen atoms in total. The molecule has 0 amide bonds. The smallest absolute Gasteiger partial charge is 0.169 e. The predicted octanol–water partition coefficient (Wildman–Crippen LogP) is 4.80. The lowest BCUT2D eigenvalue weighted by Gasteiger charge is -2.11. The molecule has 0 atom stereocenters. The second-order valence-corrected chi connectivity index (χ2v) is 5.64. The molecule has 23 heavy (non-hydrogen) atoms. The van der Waals surface area contributed by atoms with E-state index < -0.39 is 0 Å². The van der Waals surface area contributed by atoms with Gasteiger partial charge in [-0.25, -0.2) is 0 Å². The Morgan fingerprint density at radius 1 is 1.00 bits per heavy atom. The number of hydrogen-bond acceptors (Lipinski definition) is 3. The van der Waals surface area contributed by atoms with Crippen molar-refractivity contribution in [3.05, 3.63) is 59.7 Å². The van der Waals surface area contributed by atoms with E-state index in [2.05, 4.69) is 0 Å². The van der Waals surface area contributed by atoms with E-state index in [0.717, 1.165) is 29.7 Å². The quantitative estimate of drug-likeness (QED) is 0.759. The van der Waals surface area contributed by atoms with Crippen molar-refractivity contribution in [2.45, 2.75) is 25.7 Å². The minimum atomic E-state index is 0.306. The number of Topliss-reactive ketones (excluding diaryl/α,β-unsaturated/α-hetero) is 1. The molecular weight excluding hydrogens is 288 g/mol. The summed E-state index contributed by atoms with van der Waals surface area (Å²) in [6, 6.07) is 13.7. The highest BCUT2D eigenvalue weighted by Crippen LogP contribution is 2.33.